The van der Waals surface area contributed by atoms with Crippen molar-refractivity contribution in [1.29, 1.82) is 0 Å². The second-order valence-corrected chi connectivity index (χ2v) is 6.89. The number of piperidine rings is 2. The second-order valence-electron chi connectivity index (χ2n) is 6.89. The summed E-state index contributed by atoms with van der Waals surface area (Å²) in [7, 11) is 4.55. The van der Waals surface area contributed by atoms with Gasteiger partial charge >= 0.3 is 0 Å². The Hall–Kier alpha value is -0.120. The van der Waals surface area contributed by atoms with E-state index in [0.717, 1.165) is 5.92 Å². The Labute approximate surface area is 113 Å². The van der Waals surface area contributed by atoms with Crippen LogP contribution in [0.4, 0.5) is 0 Å². The first kappa shape index (κ1) is 14.3. The number of hydrogen-bond donors (Lipinski definition) is 1. The van der Waals surface area contributed by atoms with Crippen LogP contribution in [0.2, 0.25) is 0 Å². The van der Waals surface area contributed by atoms with Crippen molar-refractivity contribution in [2.24, 2.45) is 5.92 Å². The predicted octanol–water partition coefficient (Wildman–Crippen LogP) is 1.79. The van der Waals surface area contributed by atoms with E-state index >= 15 is 0 Å². The lowest BCUT2D eigenvalue weighted by Crippen LogP contribution is -2.53. The van der Waals surface area contributed by atoms with Gasteiger partial charge in [0.2, 0.25) is 0 Å². The van der Waals surface area contributed by atoms with Gasteiger partial charge in [-0.15, -0.1) is 0 Å². The average Bonchev–Trinajstić information content (AvgIpc) is 2.32. The minimum Gasteiger partial charge on any atom is -0.310 e. The van der Waals surface area contributed by atoms with Crippen molar-refractivity contribution >= 4 is 0 Å². The van der Waals surface area contributed by atoms with E-state index in [1.54, 1.807) is 0 Å². The van der Waals surface area contributed by atoms with Crippen LogP contribution < -0.4 is 5.32 Å². The number of nitrogens with zero attached hydrogens (tertiary/aromatic N) is 2. The molecule has 3 heteroatoms. The summed E-state index contributed by atoms with van der Waals surface area (Å²) in [6.45, 7) is 8.67. The summed E-state index contributed by atoms with van der Waals surface area (Å²) in [5.41, 5.74) is 0.360. The normalized spacial score (nSPS) is 32.0. The van der Waals surface area contributed by atoms with Crippen LogP contribution in [0.3, 0.4) is 0 Å². The Morgan fingerprint density at radius 1 is 1.28 bits per heavy atom. The van der Waals surface area contributed by atoms with E-state index in [9.17, 15) is 0 Å². The molecule has 0 bridgehead atoms. The third kappa shape index (κ3) is 4.22. The first-order chi connectivity index (χ1) is 8.57. The lowest BCUT2D eigenvalue weighted by molar-refractivity contribution is 0.140. The van der Waals surface area contributed by atoms with Gasteiger partial charge in [-0.3, -0.25) is 0 Å². The molecule has 0 aromatic carbocycles. The predicted molar refractivity (Wildman–Crippen MR) is 78.0 cm³/mol. The van der Waals surface area contributed by atoms with E-state index in [0.29, 0.717) is 5.54 Å². The molecular formula is C15H31N3. The Bertz CT molecular complexity index is 240. The molecule has 2 rings (SSSR count). The van der Waals surface area contributed by atoms with Gasteiger partial charge < -0.3 is 15.1 Å². The van der Waals surface area contributed by atoms with E-state index in [2.05, 4.69) is 36.1 Å². The minimum atomic E-state index is 0.360. The zero-order valence-corrected chi connectivity index (χ0v) is 12.5. The molecule has 0 aliphatic carbocycles. The Balaban J connectivity index is 1.72. The van der Waals surface area contributed by atoms with Gasteiger partial charge in [-0.05, 0) is 72.3 Å². The van der Waals surface area contributed by atoms with Crippen molar-refractivity contribution < 1.29 is 0 Å². The topological polar surface area (TPSA) is 18.5 Å². The van der Waals surface area contributed by atoms with Gasteiger partial charge in [0.25, 0.3) is 0 Å². The Morgan fingerprint density at radius 3 is 2.61 bits per heavy atom. The van der Waals surface area contributed by atoms with Gasteiger partial charge in [0, 0.05) is 18.6 Å². The monoisotopic (exact) mass is 253 g/mol. The SMILES string of the molecule is CN1CCC(CN(C)CC2(C)CCCCN2)CC1. The highest BCUT2D eigenvalue weighted by atomic mass is 15.2. The quantitative estimate of drug-likeness (QED) is 0.824. The zero-order valence-electron chi connectivity index (χ0n) is 12.5. The number of nitrogens with one attached hydrogen (secondary N) is 1. The molecule has 18 heavy (non-hydrogen) atoms. The molecule has 0 aromatic heterocycles. The Kier molecular flexibility index (Phi) is 5.05. The summed E-state index contributed by atoms with van der Waals surface area (Å²) < 4.78 is 0. The summed E-state index contributed by atoms with van der Waals surface area (Å²) in [5.74, 6) is 0.915. The molecule has 2 heterocycles. The van der Waals surface area contributed by atoms with Crippen LogP contribution in [0.5, 0.6) is 0 Å². The second kappa shape index (κ2) is 6.36. The molecule has 2 saturated heterocycles. The first-order valence-electron chi connectivity index (χ1n) is 7.69. The molecular weight excluding hydrogens is 222 g/mol. The number of rotatable bonds is 4. The molecule has 1 atom stereocenters. The van der Waals surface area contributed by atoms with Crippen LogP contribution in [0.1, 0.15) is 39.0 Å². The number of hydrogen-bond acceptors (Lipinski definition) is 3. The smallest absolute Gasteiger partial charge is 0.0280 e. The molecule has 0 radical (unpaired) electrons. The summed E-state index contributed by atoms with van der Waals surface area (Å²) in [4.78, 5) is 5.02. The van der Waals surface area contributed by atoms with E-state index < -0.39 is 0 Å². The van der Waals surface area contributed by atoms with E-state index in [1.807, 2.05) is 0 Å². The summed E-state index contributed by atoms with van der Waals surface area (Å²) >= 11 is 0. The van der Waals surface area contributed by atoms with Crippen molar-refractivity contribution in [3.8, 4) is 0 Å². The molecule has 2 aliphatic rings. The van der Waals surface area contributed by atoms with Crippen molar-refractivity contribution in [2.75, 3.05) is 46.8 Å². The maximum Gasteiger partial charge on any atom is 0.0280 e. The molecule has 0 amide bonds. The minimum absolute atomic E-state index is 0.360. The van der Waals surface area contributed by atoms with Gasteiger partial charge in [0.15, 0.2) is 0 Å². The van der Waals surface area contributed by atoms with Crippen LogP contribution in [0, 0.1) is 5.92 Å². The molecule has 3 nitrogen and oxygen atoms in total. The highest BCUT2D eigenvalue weighted by Crippen LogP contribution is 2.22. The van der Waals surface area contributed by atoms with Crippen LogP contribution in [-0.2, 0) is 0 Å². The molecule has 1 N–H and O–H groups in total. The molecule has 0 aromatic rings. The van der Waals surface area contributed by atoms with E-state index in [-0.39, 0.29) is 0 Å². The van der Waals surface area contributed by atoms with Crippen LogP contribution in [0.25, 0.3) is 0 Å². The molecule has 2 aliphatic heterocycles. The maximum atomic E-state index is 3.72. The third-order valence-electron chi connectivity index (χ3n) is 4.73. The van der Waals surface area contributed by atoms with Crippen molar-refractivity contribution in [3.05, 3.63) is 0 Å². The molecule has 2 fully saturated rings. The van der Waals surface area contributed by atoms with Gasteiger partial charge in [-0.25, -0.2) is 0 Å². The van der Waals surface area contributed by atoms with Gasteiger partial charge in [-0.1, -0.05) is 6.42 Å². The summed E-state index contributed by atoms with van der Waals surface area (Å²) in [5, 5.41) is 3.72. The molecule has 0 spiro atoms. The van der Waals surface area contributed by atoms with Crippen molar-refractivity contribution in [2.45, 2.75) is 44.6 Å². The fraction of sp³-hybridized carbons (Fsp3) is 1.00. The largest absolute Gasteiger partial charge is 0.310 e. The van der Waals surface area contributed by atoms with Crippen LogP contribution in [0.15, 0.2) is 0 Å². The fourth-order valence-corrected chi connectivity index (χ4v) is 3.60. The summed E-state index contributed by atoms with van der Waals surface area (Å²) in [6, 6.07) is 0. The Morgan fingerprint density at radius 2 is 2.00 bits per heavy atom. The van der Waals surface area contributed by atoms with E-state index in [4.69, 9.17) is 0 Å². The van der Waals surface area contributed by atoms with Crippen molar-refractivity contribution in [1.82, 2.24) is 15.1 Å². The molecule has 106 valence electrons. The number of likely N-dealkylation sites (tertiary alicyclic amines) is 1. The fourth-order valence-electron chi connectivity index (χ4n) is 3.60. The standard InChI is InChI=1S/C15H31N3/c1-15(8-4-5-9-16-15)13-18(3)12-14-6-10-17(2)11-7-14/h14,16H,4-13H2,1-3H3. The van der Waals surface area contributed by atoms with Gasteiger partial charge in [0.1, 0.15) is 0 Å². The lowest BCUT2D eigenvalue weighted by Gasteiger charge is -2.40. The van der Waals surface area contributed by atoms with Gasteiger partial charge in [-0.2, -0.15) is 0 Å². The summed E-state index contributed by atoms with van der Waals surface area (Å²) in [6.07, 6.45) is 6.85. The third-order valence-corrected chi connectivity index (χ3v) is 4.73. The molecule has 0 saturated carbocycles. The lowest BCUT2D eigenvalue weighted by atomic mass is 9.89. The van der Waals surface area contributed by atoms with Crippen LogP contribution >= 0.6 is 0 Å². The maximum absolute atomic E-state index is 3.72. The zero-order chi connectivity index (χ0) is 13.0. The van der Waals surface area contributed by atoms with Gasteiger partial charge in [0.05, 0.1) is 0 Å². The highest BCUT2D eigenvalue weighted by Gasteiger charge is 2.28. The first-order valence-corrected chi connectivity index (χ1v) is 7.69. The average molecular weight is 253 g/mol. The number of likely N-dealkylation sites (N-methyl/N-ethyl adjacent to an activating group) is 1. The van der Waals surface area contributed by atoms with Crippen LogP contribution in [-0.4, -0.2) is 62.2 Å². The molecule has 1 unspecified atom stereocenters. The highest BCUT2D eigenvalue weighted by molar-refractivity contribution is 4.89. The van der Waals surface area contributed by atoms with E-state index in [1.165, 1.54) is 64.8 Å². The van der Waals surface area contributed by atoms with Crippen molar-refractivity contribution in [3.63, 3.8) is 0 Å².